The quantitative estimate of drug-likeness (QED) is 0.547. The highest BCUT2D eigenvalue weighted by atomic mass is 16.5. The third-order valence-electron chi connectivity index (χ3n) is 2.39. The van der Waals surface area contributed by atoms with Gasteiger partial charge in [-0.1, -0.05) is 0 Å². The number of hydrogen-bond donors (Lipinski definition) is 1. The SMILES string of the molecule is CC[N+]1(CO)CCOCC1. The molecule has 0 aromatic rings. The van der Waals surface area contributed by atoms with Crippen LogP contribution in [0.25, 0.3) is 0 Å². The van der Waals surface area contributed by atoms with E-state index in [1.807, 2.05) is 0 Å². The summed E-state index contributed by atoms with van der Waals surface area (Å²) in [5.74, 6) is 0. The molecule has 10 heavy (non-hydrogen) atoms. The zero-order valence-corrected chi connectivity index (χ0v) is 6.55. The molecule has 0 aromatic carbocycles. The molecule has 60 valence electrons. The number of aliphatic hydroxyl groups is 1. The first-order chi connectivity index (χ1) is 4.83. The summed E-state index contributed by atoms with van der Waals surface area (Å²) >= 11 is 0. The van der Waals surface area contributed by atoms with Gasteiger partial charge in [0, 0.05) is 0 Å². The van der Waals surface area contributed by atoms with Crippen molar-refractivity contribution in [2.45, 2.75) is 6.92 Å². The molecule has 1 heterocycles. The summed E-state index contributed by atoms with van der Waals surface area (Å²) < 4.78 is 6.02. The Morgan fingerprint density at radius 2 is 2.00 bits per heavy atom. The average Bonchev–Trinajstić information content (AvgIpc) is 2.06. The maximum atomic E-state index is 9.06. The molecule has 0 atom stereocenters. The first-order valence-electron chi connectivity index (χ1n) is 3.87. The third kappa shape index (κ3) is 1.48. The van der Waals surface area contributed by atoms with Gasteiger partial charge in [-0.05, 0) is 6.92 Å². The zero-order chi connectivity index (χ0) is 7.45. The predicted molar refractivity (Wildman–Crippen MR) is 38.4 cm³/mol. The number of rotatable bonds is 2. The molecular weight excluding hydrogens is 130 g/mol. The van der Waals surface area contributed by atoms with Crippen LogP contribution in [-0.4, -0.2) is 49.2 Å². The van der Waals surface area contributed by atoms with E-state index in [-0.39, 0.29) is 6.73 Å². The van der Waals surface area contributed by atoms with Gasteiger partial charge in [0.15, 0.2) is 6.73 Å². The Kier molecular flexibility index (Phi) is 2.65. The van der Waals surface area contributed by atoms with E-state index < -0.39 is 0 Å². The summed E-state index contributed by atoms with van der Waals surface area (Å²) in [6.07, 6.45) is 0. The molecule has 0 spiro atoms. The highest BCUT2D eigenvalue weighted by Gasteiger charge is 2.26. The largest absolute Gasteiger partial charge is 0.370 e. The van der Waals surface area contributed by atoms with Crippen molar-refractivity contribution in [1.29, 1.82) is 0 Å². The van der Waals surface area contributed by atoms with Gasteiger partial charge < -0.3 is 9.84 Å². The Labute approximate surface area is 61.8 Å². The van der Waals surface area contributed by atoms with Crippen molar-refractivity contribution < 1.29 is 14.3 Å². The molecule has 0 radical (unpaired) electrons. The minimum atomic E-state index is 0.264. The standard InChI is InChI=1S/C7H16NO2/c1-2-8(7-9)3-5-10-6-4-8/h9H,2-7H2,1H3/q+1. The van der Waals surface area contributed by atoms with Crippen LogP contribution < -0.4 is 0 Å². The number of nitrogens with zero attached hydrogens (tertiary/aromatic N) is 1. The average molecular weight is 146 g/mol. The second kappa shape index (κ2) is 3.32. The molecule has 1 fully saturated rings. The van der Waals surface area contributed by atoms with Crippen molar-refractivity contribution in [3.05, 3.63) is 0 Å². The van der Waals surface area contributed by atoms with Gasteiger partial charge in [0.1, 0.15) is 13.1 Å². The maximum absolute atomic E-state index is 9.06. The number of quaternary nitrogens is 1. The lowest BCUT2D eigenvalue weighted by Crippen LogP contribution is -2.55. The molecule has 0 aromatic heterocycles. The fraction of sp³-hybridized carbons (Fsp3) is 1.00. The van der Waals surface area contributed by atoms with Gasteiger partial charge in [-0.25, -0.2) is 0 Å². The summed E-state index contributed by atoms with van der Waals surface area (Å²) in [5, 5.41) is 9.06. The number of likely N-dealkylation sites (N-methyl/N-ethyl adjacent to an activating group) is 1. The molecule has 0 saturated carbocycles. The van der Waals surface area contributed by atoms with Crippen LogP contribution in [0.1, 0.15) is 6.92 Å². The molecule has 0 aliphatic carbocycles. The van der Waals surface area contributed by atoms with E-state index in [9.17, 15) is 0 Å². The van der Waals surface area contributed by atoms with Gasteiger partial charge in [-0.2, -0.15) is 0 Å². The summed E-state index contributed by atoms with van der Waals surface area (Å²) in [6, 6.07) is 0. The fourth-order valence-electron chi connectivity index (χ4n) is 1.29. The Bertz CT molecular complexity index is 93.8. The predicted octanol–water partition coefficient (Wildman–Crippen LogP) is -0.197. The number of morpholine rings is 1. The first-order valence-corrected chi connectivity index (χ1v) is 3.87. The molecule has 3 heteroatoms. The lowest BCUT2D eigenvalue weighted by molar-refractivity contribution is -0.950. The van der Waals surface area contributed by atoms with E-state index >= 15 is 0 Å². The molecule has 1 rings (SSSR count). The summed E-state index contributed by atoms with van der Waals surface area (Å²) in [5.41, 5.74) is 0. The van der Waals surface area contributed by atoms with Crippen LogP contribution in [0.15, 0.2) is 0 Å². The number of hydrogen-bond acceptors (Lipinski definition) is 2. The smallest absolute Gasteiger partial charge is 0.180 e. The van der Waals surface area contributed by atoms with E-state index in [2.05, 4.69) is 6.92 Å². The van der Waals surface area contributed by atoms with Crippen molar-refractivity contribution in [1.82, 2.24) is 0 Å². The van der Waals surface area contributed by atoms with E-state index in [0.717, 1.165) is 37.3 Å². The van der Waals surface area contributed by atoms with Crippen molar-refractivity contribution in [2.75, 3.05) is 39.6 Å². The Morgan fingerprint density at radius 1 is 1.40 bits per heavy atom. The van der Waals surface area contributed by atoms with Crippen LogP contribution in [0.4, 0.5) is 0 Å². The minimum absolute atomic E-state index is 0.264. The van der Waals surface area contributed by atoms with E-state index in [1.165, 1.54) is 0 Å². The second-order valence-corrected chi connectivity index (χ2v) is 2.86. The van der Waals surface area contributed by atoms with Crippen molar-refractivity contribution in [2.24, 2.45) is 0 Å². The van der Waals surface area contributed by atoms with Gasteiger partial charge in [0.05, 0.1) is 19.8 Å². The van der Waals surface area contributed by atoms with Crippen LogP contribution >= 0.6 is 0 Å². The molecule has 1 saturated heterocycles. The molecule has 0 amide bonds. The Morgan fingerprint density at radius 3 is 2.30 bits per heavy atom. The molecule has 0 unspecified atom stereocenters. The van der Waals surface area contributed by atoms with Crippen molar-refractivity contribution in [3.63, 3.8) is 0 Å². The van der Waals surface area contributed by atoms with E-state index in [4.69, 9.17) is 9.84 Å². The van der Waals surface area contributed by atoms with Crippen molar-refractivity contribution >= 4 is 0 Å². The van der Waals surface area contributed by atoms with E-state index in [1.54, 1.807) is 0 Å². The van der Waals surface area contributed by atoms with E-state index in [0.29, 0.717) is 0 Å². The van der Waals surface area contributed by atoms with Crippen LogP contribution in [0.2, 0.25) is 0 Å². The monoisotopic (exact) mass is 146 g/mol. The van der Waals surface area contributed by atoms with Gasteiger partial charge in [0.25, 0.3) is 0 Å². The summed E-state index contributed by atoms with van der Waals surface area (Å²) in [4.78, 5) is 0. The number of ether oxygens (including phenoxy) is 1. The van der Waals surface area contributed by atoms with Gasteiger partial charge in [-0.3, -0.25) is 4.48 Å². The molecule has 1 N–H and O–H groups in total. The Balaban J connectivity index is 2.44. The zero-order valence-electron chi connectivity index (χ0n) is 6.55. The molecule has 3 nitrogen and oxygen atoms in total. The lowest BCUT2D eigenvalue weighted by atomic mass is 10.3. The lowest BCUT2D eigenvalue weighted by Gasteiger charge is -2.38. The van der Waals surface area contributed by atoms with Crippen LogP contribution in [0, 0.1) is 0 Å². The topological polar surface area (TPSA) is 29.5 Å². The first kappa shape index (κ1) is 7.98. The van der Waals surface area contributed by atoms with Gasteiger partial charge in [-0.15, -0.1) is 0 Å². The highest BCUT2D eigenvalue weighted by molar-refractivity contribution is 4.44. The van der Waals surface area contributed by atoms with Crippen LogP contribution in [-0.2, 0) is 4.74 Å². The second-order valence-electron chi connectivity index (χ2n) is 2.86. The third-order valence-corrected chi connectivity index (χ3v) is 2.39. The fourth-order valence-corrected chi connectivity index (χ4v) is 1.29. The summed E-state index contributed by atoms with van der Waals surface area (Å²) in [7, 11) is 0. The highest BCUT2D eigenvalue weighted by Crippen LogP contribution is 2.08. The molecular formula is C7H16NO2+. The number of aliphatic hydroxyl groups excluding tert-OH is 1. The minimum Gasteiger partial charge on any atom is -0.370 e. The van der Waals surface area contributed by atoms with Crippen molar-refractivity contribution in [3.8, 4) is 0 Å². The van der Waals surface area contributed by atoms with Crippen LogP contribution in [0.3, 0.4) is 0 Å². The van der Waals surface area contributed by atoms with Gasteiger partial charge >= 0.3 is 0 Å². The normalized spacial score (nSPS) is 24.6. The van der Waals surface area contributed by atoms with Crippen LogP contribution in [0.5, 0.6) is 0 Å². The maximum Gasteiger partial charge on any atom is 0.180 e. The van der Waals surface area contributed by atoms with Gasteiger partial charge in [0.2, 0.25) is 0 Å². The molecule has 1 aliphatic rings. The summed E-state index contributed by atoms with van der Waals surface area (Å²) in [6.45, 7) is 6.92. The molecule has 0 bridgehead atoms. The molecule has 1 aliphatic heterocycles. The Hall–Kier alpha value is -0.120.